The third kappa shape index (κ3) is 5.27. The van der Waals surface area contributed by atoms with Gasteiger partial charge in [-0.3, -0.25) is 14.9 Å². The summed E-state index contributed by atoms with van der Waals surface area (Å²) in [7, 11) is 0. The topological polar surface area (TPSA) is 160 Å². The Morgan fingerprint density at radius 1 is 1.08 bits per heavy atom. The Morgan fingerprint density at radius 2 is 1.78 bits per heavy atom. The van der Waals surface area contributed by atoms with E-state index in [0.717, 1.165) is 11.8 Å². The Hall–Kier alpha value is -4.35. The standard InChI is InChI=1S/C25H13Cl2N5O4S/c26-14-3-6-16(19(27)9-14)21-7-8-22(36-21)20(33)12-37-25-18(11-29)23(17(10-28)24(30)31-25)13-1-4-15(5-2-13)32(34)35/h1-9H,12H2,(H2,30,31). The number of furan rings is 1. The third-order valence-electron chi connectivity index (χ3n) is 5.20. The van der Waals surface area contributed by atoms with Gasteiger partial charge in [-0.05, 0) is 48.0 Å². The Bertz CT molecular complexity index is 1640. The van der Waals surface area contributed by atoms with E-state index in [-0.39, 0.29) is 50.5 Å². The van der Waals surface area contributed by atoms with Crippen LogP contribution in [0.5, 0.6) is 0 Å². The monoisotopic (exact) mass is 549 g/mol. The molecule has 0 aliphatic rings. The van der Waals surface area contributed by atoms with Crippen molar-refractivity contribution < 1.29 is 14.1 Å². The largest absolute Gasteiger partial charge is 0.453 e. The summed E-state index contributed by atoms with van der Waals surface area (Å²) in [5, 5.41) is 31.5. The number of halogens is 2. The van der Waals surface area contributed by atoms with Gasteiger partial charge in [0.25, 0.3) is 5.69 Å². The number of non-ortho nitro benzene ring substituents is 1. The number of nitrogens with two attached hydrogens (primary N) is 1. The van der Waals surface area contributed by atoms with Crippen molar-refractivity contribution >= 4 is 52.3 Å². The lowest BCUT2D eigenvalue weighted by Gasteiger charge is -2.12. The predicted octanol–water partition coefficient (Wildman–Crippen LogP) is 6.52. The highest BCUT2D eigenvalue weighted by atomic mass is 35.5. The van der Waals surface area contributed by atoms with E-state index < -0.39 is 4.92 Å². The molecule has 0 saturated heterocycles. The van der Waals surface area contributed by atoms with E-state index in [2.05, 4.69) is 4.98 Å². The summed E-state index contributed by atoms with van der Waals surface area (Å²) in [6.45, 7) is 0. The number of nitro benzene ring substituents is 1. The molecule has 2 aromatic heterocycles. The van der Waals surface area contributed by atoms with Gasteiger partial charge >= 0.3 is 0 Å². The number of aromatic nitrogens is 1. The van der Waals surface area contributed by atoms with Crippen LogP contribution in [0.15, 0.2) is 64.0 Å². The molecule has 0 fully saturated rings. The summed E-state index contributed by atoms with van der Waals surface area (Å²) in [4.78, 5) is 27.4. The Labute approximate surface area is 224 Å². The number of hydrogen-bond acceptors (Lipinski definition) is 9. The van der Waals surface area contributed by atoms with Gasteiger partial charge in [-0.1, -0.05) is 35.0 Å². The number of benzene rings is 2. The first-order valence-electron chi connectivity index (χ1n) is 10.3. The van der Waals surface area contributed by atoms with Crippen molar-refractivity contribution in [1.82, 2.24) is 4.98 Å². The smallest absolute Gasteiger partial charge is 0.269 e. The van der Waals surface area contributed by atoms with Gasteiger partial charge in [0.05, 0.1) is 21.3 Å². The Morgan fingerprint density at radius 3 is 2.41 bits per heavy atom. The van der Waals surface area contributed by atoms with Gasteiger partial charge in [0.1, 0.15) is 34.3 Å². The van der Waals surface area contributed by atoms with Crippen molar-refractivity contribution in [2.75, 3.05) is 11.5 Å². The molecule has 2 heterocycles. The second kappa shape index (κ2) is 10.7. The number of thioether (sulfide) groups is 1. The maximum atomic E-state index is 12.8. The van der Waals surface area contributed by atoms with E-state index in [1.54, 1.807) is 24.3 Å². The number of pyridine rings is 1. The number of nitrogen functional groups attached to an aromatic ring is 1. The molecule has 0 radical (unpaired) electrons. The molecule has 4 rings (SSSR count). The minimum Gasteiger partial charge on any atom is -0.453 e. The van der Waals surface area contributed by atoms with Crippen molar-refractivity contribution in [2.45, 2.75) is 5.03 Å². The number of anilines is 1. The number of carbonyl (C=O) groups is 1. The van der Waals surface area contributed by atoms with Crippen LogP contribution in [-0.2, 0) is 0 Å². The minimum atomic E-state index is -0.561. The van der Waals surface area contributed by atoms with Crippen LogP contribution in [0, 0.1) is 32.8 Å². The zero-order chi connectivity index (χ0) is 26.7. The van der Waals surface area contributed by atoms with Gasteiger partial charge in [-0.2, -0.15) is 10.5 Å². The number of Topliss-reactive ketones (excluding diaryl/α,β-unsaturated/α-hetero) is 1. The van der Waals surface area contributed by atoms with Crippen LogP contribution < -0.4 is 5.73 Å². The third-order valence-corrected chi connectivity index (χ3v) is 6.72. The molecule has 0 saturated carbocycles. The van der Waals surface area contributed by atoms with Gasteiger partial charge in [0.15, 0.2) is 5.76 Å². The lowest BCUT2D eigenvalue weighted by molar-refractivity contribution is -0.384. The minimum absolute atomic E-state index is 0.0190. The first kappa shape index (κ1) is 25.7. The van der Waals surface area contributed by atoms with E-state index in [4.69, 9.17) is 33.4 Å². The van der Waals surface area contributed by atoms with Crippen molar-refractivity contribution in [3.8, 4) is 34.6 Å². The van der Waals surface area contributed by atoms with Gasteiger partial charge < -0.3 is 10.2 Å². The summed E-state index contributed by atoms with van der Waals surface area (Å²) in [6, 6.07) is 17.3. The fraction of sp³-hybridized carbons (Fsp3) is 0.0400. The highest BCUT2D eigenvalue weighted by Gasteiger charge is 2.23. The number of nitro groups is 1. The fourth-order valence-electron chi connectivity index (χ4n) is 3.47. The molecule has 0 amide bonds. The van der Waals surface area contributed by atoms with Crippen molar-refractivity contribution in [1.29, 1.82) is 10.5 Å². The molecular formula is C25H13Cl2N5O4S. The predicted molar refractivity (Wildman–Crippen MR) is 139 cm³/mol. The highest BCUT2D eigenvalue weighted by Crippen LogP contribution is 2.37. The summed E-state index contributed by atoms with van der Waals surface area (Å²) in [5.41, 5.74) is 6.93. The summed E-state index contributed by atoms with van der Waals surface area (Å²) in [6.07, 6.45) is 0. The normalized spacial score (nSPS) is 10.5. The van der Waals surface area contributed by atoms with Gasteiger partial charge in [-0.15, -0.1) is 0 Å². The summed E-state index contributed by atoms with van der Waals surface area (Å²) >= 11 is 13.1. The molecule has 0 aliphatic carbocycles. The molecule has 0 spiro atoms. The van der Waals surface area contributed by atoms with Gasteiger partial charge in [-0.25, -0.2) is 4.98 Å². The SMILES string of the molecule is N#Cc1c(N)nc(SCC(=O)c2ccc(-c3ccc(Cl)cc3Cl)o2)c(C#N)c1-c1ccc([N+](=O)[O-])cc1. The molecule has 2 aromatic carbocycles. The number of nitrogens with zero attached hydrogens (tertiary/aromatic N) is 4. The van der Waals surface area contributed by atoms with E-state index in [0.29, 0.717) is 26.9 Å². The first-order chi connectivity index (χ1) is 17.7. The van der Waals surface area contributed by atoms with Crippen molar-refractivity contribution in [3.63, 3.8) is 0 Å². The number of carbonyl (C=O) groups excluding carboxylic acids is 1. The van der Waals surface area contributed by atoms with E-state index >= 15 is 0 Å². The quantitative estimate of drug-likeness (QED) is 0.117. The van der Waals surface area contributed by atoms with E-state index in [9.17, 15) is 25.4 Å². The van der Waals surface area contributed by atoms with Crippen LogP contribution in [0.2, 0.25) is 10.0 Å². The van der Waals surface area contributed by atoms with Crippen LogP contribution >= 0.6 is 35.0 Å². The molecular weight excluding hydrogens is 537 g/mol. The Kier molecular flexibility index (Phi) is 7.46. The molecule has 4 aromatic rings. The van der Waals surface area contributed by atoms with Crippen LogP contribution in [0.3, 0.4) is 0 Å². The molecule has 37 heavy (non-hydrogen) atoms. The lowest BCUT2D eigenvalue weighted by Crippen LogP contribution is -2.06. The molecule has 182 valence electrons. The highest BCUT2D eigenvalue weighted by molar-refractivity contribution is 8.00. The summed E-state index contributed by atoms with van der Waals surface area (Å²) < 4.78 is 5.68. The van der Waals surface area contributed by atoms with E-state index in [1.807, 2.05) is 12.1 Å². The summed E-state index contributed by atoms with van der Waals surface area (Å²) in [5.74, 6) is -0.207. The van der Waals surface area contributed by atoms with Crippen LogP contribution in [-0.4, -0.2) is 21.4 Å². The maximum absolute atomic E-state index is 12.8. The van der Waals surface area contributed by atoms with Gasteiger partial charge in [0, 0.05) is 28.3 Å². The van der Waals surface area contributed by atoms with E-state index in [1.165, 1.54) is 30.3 Å². The number of rotatable bonds is 7. The van der Waals surface area contributed by atoms with Crippen molar-refractivity contribution in [3.05, 3.63) is 91.6 Å². The lowest BCUT2D eigenvalue weighted by atomic mass is 9.97. The average molecular weight is 550 g/mol. The van der Waals surface area contributed by atoms with Gasteiger partial charge in [0.2, 0.25) is 5.78 Å². The second-order valence-corrected chi connectivity index (χ2v) is 9.26. The molecule has 0 atom stereocenters. The molecule has 0 bridgehead atoms. The van der Waals surface area contributed by atoms with Crippen LogP contribution in [0.25, 0.3) is 22.5 Å². The maximum Gasteiger partial charge on any atom is 0.269 e. The van der Waals surface area contributed by atoms with Crippen LogP contribution in [0.1, 0.15) is 21.7 Å². The second-order valence-electron chi connectivity index (χ2n) is 7.45. The molecule has 2 N–H and O–H groups in total. The molecule has 12 heteroatoms. The average Bonchev–Trinajstić information content (AvgIpc) is 3.37. The zero-order valence-corrected chi connectivity index (χ0v) is 20.9. The fourth-order valence-corrected chi connectivity index (χ4v) is 4.83. The number of hydrogen-bond donors (Lipinski definition) is 1. The number of ketones is 1. The zero-order valence-electron chi connectivity index (χ0n) is 18.6. The number of nitriles is 2. The molecule has 0 aliphatic heterocycles. The molecule has 9 nitrogen and oxygen atoms in total. The first-order valence-corrected chi connectivity index (χ1v) is 12.1. The van der Waals surface area contributed by atoms with Crippen LogP contribution in [0.4, 0.5) is 11.5 Å². The Balaban J connectivity index is 1.63. The molecule has 0 unspecified atom stereocenters. The van der Waals surface area contributed by atoms with Crippen molar-refractivity contribution in [2.24, 2.45) is 0 Å².